The first-order valence-corrected chi connectivity index (χ1v) is 9.75. The summed E-state index contributed by atoms with van der Waals surface area (Å²) in [4.78, 5) is 57.9. The smallest absolute Gasteiger partial charge is 0.550 e. The van der Waals surface area contributed by atoms with Crippen molar-refractivity contribution in [3.63, 3.8) is 0 Å². The fourth-order valence-electron chi connectivity index (χ4n) is 1.86. The summed E-state index contributed by atoms with van der Waals surface area (Å²) in [6, 6.07) is 13.4. The van der Waals surface area contributed by atoms with Gasteiger partial charge in [-0.1, -0.05) is 24.3 Å². The molecule has 1 radical (unpaired) electrons. The minimum atomic E-state index is -1.63. The van der Waals surface area contributed by atoms with Crippen LogP contribution in [0, 0.1) is 0 Å². The van der Waals surface area contributed by atoms with E-state index < -0.39 is 48.7 Å². The van der Waals surface area contributed by atoms with E-state index in [-0.39, 0.29) is 28.0 Å². The second-order valence-corrected chi connectivity index (χ2v) is 6.35. The Bertz CT molecular complexity index is 921. The summed E-state index contributed by atoms with van der Waals surface area (Å²) in [6.45, 7) is 1.39. The number of hydrogen-bond acceptors (Lipinski definition) is 10. The van der Waals surface area contributed by atoms with Gasteiger partial charge in [0, 0.05) is 47.8 Å². The van der Waals surface area contributed by atoms with Crippen LogP contribution in [-0.2, 0) is 49.3 Å². The van der Waals surface area contributed by atoms with Gasteiger partial charge in [-0.15, -0.1) is 0 Å². The van der Waals surface area contributed by atoms with Gasteiger partial charge in [-0.05, 0) is 24.3 Å². The summed E-state index contributed by atoms with van der Waals surface area (Å²) >= 11 is 0. The van der Waals surface area contributed by atoms with Crippen LogP contribution in [0.4, 0.5) is 0 Å². The zero-order valence-electron chi connectivity index (χ0n) is 20.1. The summed E-state index contributed by atoms with van der Waals surface area (Å²) in [7, 11) is 0. The van der Waals surface area contributed by atoms with Crippen molar-refractivity contribution in [1.82, 2.24) is 0 Å². The molecule has 39 heavy (non-hydrogen) atoms. The molecule has 2 aromatic rings. The number of benzene rings is 2. The number of hydrogen-bond donors (Lipinski definition) is 4. The molecule has 16 nitrogen and oxygen atoms in total. The summed E-state index contributed by atoms with van der Waals surface area (Å²) < 4.78 is 0. The van der Waals surface area contributed by atoms with E-state index in [0.717, 1.165) is 11.1 Å². The van der Waals surface area contributed by atoms with Crippen molar-refractivity contribution in [2.75, 3.05) is 0 Å². The third-order valence-corrected chi connectivity index (χ3v) is 3.56. The quantitative estimate of drug-likeness (QED) is 0.160. The summed E-state index contributed by atoms with van der Waals surface area (Å²) in [6.07, 6.45) is -2.06. The van der Waals surface area contributed by atoms with Crippen molar-refractivity contribution in [3.05, 3.63) is 70.8 Å². The molecule has 0 saturated heterocycles. The van der Waals surface area contributed by atoms with Crippen LogP contribution >= 0.6 is 0 Å². The van der Waals surface area contributed by atoms with E-state index in [0.29, 0.717) is 24.2 Å². The maximum Gasteiger partial charge on any atom is 2.00 e. The molecule has 0 heterocycles. The van der Waals surface area contributed by atoms with E-state index in [4.69, 9.17) is 10.2 Å². The molecular formula is C22H28CuN2O14. The van der Waals surface area contributed by atoms with E-state index >= 15 is 0 Å². The number of carbonyl (C=O) groups excluding carboxylic acids is 4. The number of quaternary nitrogens is 2. The topological polar surface area (TPSA) is 353 Å². The van der Waals surface area contributed by atoms with Crippen LogP contribution in [0.15, 0.2) is 48.5 Å². The van der Waals surface area contributed by atoms with E-state index in [9.17, 15) is 49.2 Å². The fraction of sp³-hybridized carbons (Fsp3) is 0.182. The first kappa shape index (κ1) is 44.6. The maximum absolute atomic E-state index is 10.4. The SMILES string of the molecule is O.O.O=C([O-])CC(=O)[O-].O=C([O-])CC(=O)[O-].[Cu+2].[NH3+]Cc1ccc(C(=O)O)cc1.[NH3+]Cc1ccc(C(=O)O)cc1. The Morgan fingerprint density at radius 3 is 0.846 bits per heavy atom. The largest absolute Gasteiger partial charge is 2.00 e. The predicted octanol–water partition coefficient (Wildman–Crippen LogP) is -7.65. The van der Waals surface area contributed by atoms with Crippen molar-refractivity contribution in [2.24, 2.45) is 0 Å². The zero-order valence-corrected chi connectivity index (χ0v) is 21.1. The molecule has 0 bridgehead atoms. The second kappa shape index (κ2) is 25.3. The van der Waals surface area contributed by atoms with Gasteiger partial charge in [0.25, 0.3) is 0 Å². The van der Waals surface area contributed by atoms with Gasteiger partial charge in [-0.2, -0.15) is 0 Å². The van der Waals surface area contributed by atoms with E-state index in [1.54, 1.807) is 48.5 Å². The Morgan fingerprint density at radius 1 is 0.538 bits per heavy atom. The minimum Gasteiger partial charge on any atom is -0.550 e. The molecule has 0 aliphatic carbocycles. The maximum atomic E-state index is 10.4. The van der Waals surface area contributed by atoms with Crippen molar-refractivity contribution < 1.29 is 98.9 Å². The molecule has 0 amide bonds. The average molecular weight is 608 g/mol. The molecule has 0 aromatic heterocycles. The predicted molar refractivity (Wildman–Crippen MR) is 116 cm³/mol. The van der Waals surface area contributed by atoms with Gasteiger partial charge in [0.05, 0.1) is 24.2 Å². The van der Waals surface area contributed by atoms with E-state index in [1.807, 2.05) is 0 Å². The summed E-state index contributed by atoms with van der Waals surface area (Å²) in [5.74, 6) is -8.28. The van der Waals surface area contributed by atoms with Crippen LogP contribution < -0.4 is 31.9 Å². The van der Waals surface area contributed by atoms with Gasteiger partial charge in [0.1, 0.15) is 0 Å². The van der Waals surface area contributed by atoms with Crippen LogP contribution in [0.3, 0.4) is 0 Å². The Labute approximate surface area is 231 Å². The van der Waals surface area contributed by atoms with Crippen molar-refractivity contribution in [2.45, 2.75) is 25.9 Å². The van der Waals surface area contributed by atoms with Crippen LogP contribution in [0.1, 0.15) is 44.7 Å². The molecule has 0 spiro atoms. The Morgan fingerprint density at radius 2 is 0.744 bits per heavy atom. The standard InChI is InChI=1S/2C8H9NO2.2C3H4O4.Cu.2H2O/c2*9-5-6-1-3-7(4-2-6)8(10)11;2*4-2(5)1-3(6)7;;;/h2*1-4H,5,9H2,(H,10,11);2*1H2,(H,4,5)(H,6,7);;2*1H2/q;;;;+2;;/p-2. The summed E-state index contributed by atoms with van der Waals surface area (Å²) in [5, 5.41) is 54.2. The molecular weight excluding hydrogens is 580 g/mol. The van der Waals surface area contributed by atoms with Crippen molar-refractivity contribution in [1.29, 1.82) is 0 Å². The number of carbonyl (C=O) groups is 6. The number of carboxylic acids is 6. The molecule has 17 heteroatoms. The molecule has 0 fully saturated rings. The molecule has 0 aliphatic rings. The van der Waals surface area contributed by atoms with Crippen LogP contribution in [0.2, 0.25) is 0 Å². The Balaban J connectivity index is -0.000000132. The van der Waals surface area contributed by atoms with Crippen LogP contribution in [-0.4, -0.2) is 57.0 Å². The average Bonchev–Trinajstić information content (AvgIpc) is 2.78. The van der Waals surface area contributed by atoms with Gasteiger partial charge in [0.2, 0.25) is 0 Å². The third-order valence-electron chi connectivity index (χ3n) is 3.56. The van der Waals surface area contributed by atoms with E-state index in [1.165, 1.54) is 0 Å². The van der Waals surface area contributed by atoms with Crippen molar-refractivity contribution >= 4 is 35.8 Å². The number of rotatable bonds is 8. The first-order valence-electron chi connectivity index (χ1n) is 9.75. The molecule has 12 N–H and O–H groups in total. The zero-order chi connectivity index (χ0) is 28.3. The fourth-order valence-corrected chi connectivity index (χ4v) is 1.86. The Kier molecular flexibility index (Phi) is 28.9. The van der Waals surface area contributed by atoms with Crippen molar-refractivity contribution in [3.8, 4) is 0 Å². The van der Waals surface area contributed by atoms with Gasteiger partial charge in [-0.25, -0.2) is 9.59 Å². The van der Waals surface area contributed by atoms with Crippen LogP contribution in [0.25, 0.3) is 0 Å². The molecule has 0 atom stereocenters. The Hall–Kier alpha value is -4.38. The van der Waals surface area contributed by atoms with Gasteiger partial charge in [0.15, 0.2) is 0 Å². The number of aliphatic carboxylic acids is 4. The molecule has 2 rings (SSSR count). The number of carboxylic acid groups (broad SMARTS) is 6. The normalized spacial score (nSPS) is 8.26. The second-order valence-electron chi connectivity index (χ2n) is 6.35. The minimum absolute atomic E-state index is 0. The third kappa shape index (κ3) is 26.5. The molecule has 0 unspecified atom stereocenters. The molecule has 0 saturated carbocycles. The van der Waals surface area contributed by atoms with Gasteiger partial charge in [-0.3, -0.25) is 0 Å². The monoisotopic (exact) mass is 607 g/mol. The molecule has 221 valence electrons. The number of aromatic carboxylic acids is 2. The van der Waals surface area contributed by atoms with Gasteiger partial charge < -0.3 is 72.2 Å². The summed E-state index contributed by atoms with van der Waals surface area (Å²) in [5.41, 5.74) is 10.1. The van der Waals surface area contributed by atoms with Crippen LogP contribution in [0.5, 0.6) is 0 Å². The molecule has 2 aromatic carbocycles. The molecule has 0 aliphatic heterocycles. The van der Waals surface area contributed by atoms with Gasteiger partial charge >= 0.3 is 29.0 Å². The first-order chi connectivity index (χ1) is 16.7. The van der Waals surface area contributed by atoms with E-state index in [2.05, 4.69) is 11.5 Å².